The van der Waals surface area contributed by atoms with Crippen LogP contribution in [0.25, 0.3) is 11.1 Å². The van der Waals surface area contributed by atoms with Gasteiger partial charge in [-0.3, -0.25) is 4.79 Å². The Bertz CT molecular complexity index is 878. The van der Waals surface area contributed by atoms with Crippen LogP contribution in [0.1, 0.15) is 28.8 Å². The minimum Gasteiger partial charge on any atom is -0.494 e. The average molecular weight is 435 g/mol. The fourth-order valence-electron chi connectivity index (χ4n) is 3.89. The number of ketones is 1. The van der Waals surface area contributed by atoms with Crippen molar-refractivity contribution in [2.24, 2.45) is 0 Å². The monoisotopic (exact) mass is 434 g/mol. The molecular formula is C27H34N2O3. The van der Waals surface area contributed by atoms with E-state index in [0.717, 1.165) is 61.6 Å². The van der Waals surface area contributed by atoms with Gasteiger partial charge in [-0.05, 0) is 74.5 Å². The van der Waals surface area contributed by atoms with E-state index in [-0.39, 0.29) is 5.78 Å². The lowest BCUT2D eigenvalue weighted by molar-refractivity contribution is 0.104. The van der Waals surface area contributed by atoms with Gasteiger partial charge in [-0.25, -0.2) is 0 Å². The van der Waals surface area contributed by atoms with Gasteiger partial charge >= 0.3 is 0 Å². The van der Waals surface area contributed by atoms with Crippen molar-refractivity contribution < 1.29 is 14.3 Å². The Balaban J connectivity index is 1.56. The van der Waals surface area contributed by atoms with Crippen LogP contribution in [0.15, 0.2) is 61.7 Å². The number of rotatable bonds is 14. The molecule has 3 rings (SSSR count). The van der Waals surface area contributed by atoms with Gasteiger partial charge in [0.05, 0.1) is 13.2 Å². The summed E-state index contributed by atoms with van der Waals surface area (Å²) in [6.45, 7) is 12.3. The van der Waals surface area contributed by atoms with Crippen LogP contribution in [0.2, 0.25) is 0 Å². The lowest BCUT2D eigenvalue weighted by atomic mass is 10.1. The van der Waals surface area contributed by atoms with Gasteiger partial charge in [0, 0.05) is 37.3 Å². The van der Waals surface area contributed by atoms with Gasteiger partial charge in [0.25, 0.3) is 0 Å². The lowest BCUT2D eigenvalue weighted by Gasteiger charge is -2.14. The molecule has 0 N–H and O–H groups in total. The van der Waals surface area contributed by atoms with E-state index in [0.29, 0.717) is 24.3 Å². The Labute approximate surface area is 191 Å². The first-order chi connectivity index (χ1) is 15.5. The first kappa shape index (κ1) is 23.8. The first-order valence-corrected chi connectivity index (χ1v) is 11.2. The summed E-state index contributed by atoms with van der Waals surface area (Å²) >= 11 is 0. The van der Waals surface area contributed by atoms with E-state index in [1.807, 2.05) is 48.6 Å². The van der Waals surface area contributed by atoms with E-state index in [2.05, 4.69) is 37.1 Å². The Morgan fingerprint density at radius 3 is 1.59 bits per heavy atom. The molecule has 170 valence electrons. The molecule has 0 bridgehead atoms. The number of carbonyl (C=O) groups excluding carboxylic acids is 1. The van der Waals surface area contributed by atoms with Gasteiger partial charge in [-0.2, -0.15) is 0 Å². The predicted octanol–water partition coefficient (Wildman–Crippen LogP) is 4.67. The Morgan fingerprint density at radius 2 is 1.19 bits per heavy atom. The van der Waals surface area contributed by atoms with Crippen LogP contribution in [0.5, 0.6) is 11.5 Å². The van der Waals surface area contributed by atoms with Gasteiger partial charge < -0.3 is 19.3 Å². The molecule has 32 heavy (non-hydrogen) atoms. The first-order valence-electron chi connectivity index (χ1n) is 11.2. The molecule has 0 spiro atoms. The van der Waals surface area contributed by atoms with E-state index >= 15 is 0 Å². The summed E-state index contributed by atoms with van der Waals surface area (Å²) in [6, 6.07) is 11.6. The summed E-state index contributed by atoms with van der Waals surface area (Å²) < 4.78 is 11.8. The largest absolute Gasteiger partial charge is 0.494 e. The molecular weight excluding hydrogens is 400 g/mol. The third-order valence-electron chi connectivity index (χ3n) is 5.55. The molecule has 0 heterocycles. The van der Waals surface area contributed by atoms with Crippen molar-refractivity contribution in [1.29, 1.82) is 0 Å². The SMILES string of the molecule is C=CCN(C)CCCOc1ccc2c(c1)C(=O)c1cc(OCCCN(C)CC=C)ccc1-2. The Hall–Kier alpha value is -2.89. The van der Waals surface area contributed by atoms with Crippen molar-refractivity contribution >= 4 is 5.78 Å². The van der Waals surface area contributed by atoms with Crippen LogP contribution >= 0.6 is 0 Å². The molecule has 0 saturated carbocycles. The maximum atomic E-state index is 13.0. The van der Waals surface area contributed by atoms with Crippen molar-refractivity contribution in [3.63, 3.8) is 0 Å². The third kappa shape index (κ3) is 6.09. The quantitative estimate of drug-likeness (QED) is 0.272. The minimum absolute atomic E-state index is 0.0299. The van der Waals surface area contributed by atoms with Crippen molar-refractivity contribution in [1.82, 2.24) is 9.80 Å². The second kappa shape index (κ2) is 11.7. The molecule has 1 aliphatic carbocycles. The van der Waals surface area contributed by atoms with Crippen molar-refractivity contribution in [2.45, 2.75) is 12.8 Å². The summed E-state index contributed by atoms with van der Waals surface area (Å²) in [5.74, 6) is 1.50. The number of likely N-dealkylation sites (N-methyl/N-ethyl adjacent to an activating group) is 2. The molecule has 0 unspecified atom stereocenters. The second-order valence-electron chi connectivity index (χ2n) is 8.25. The molecule has 0 radical (unpaired) electrons. The highest BCUT2D eigenvalue weighted by Gasteiger charge is 2.27. The molecule has 2 aromatic rings. The van der Waals surface area contributed by atoms with E-state index < -0.39 is 0 Å². The summed E-state index contributed by atoms with van der Waals surface area (Å²) in [5, 5.41) is 0. The molecule has 5 nitrogen and oxygen atoms in total. The van der Waals surface area contributed by atoms with Crippen LogP contribution in [0.3, 0.4) is 0 Å². The third-order valence-corrected chi connectivity index (χ3v) is 5.55. The van der Waals surface area contributed by atoms with Crippen LogP contribution in [-0.2, 0) is 0 Å². The molecule has 0 aliphatic heterocycles. The number of nitrogens with zero attached hydrogens (tertiary/aromatic N) is 2. The van der Waals surface area contributed by atoms with Crippen molar-refractivity contribution in [3.05, 3.63) is 72.8 Å². The molecule has 0 atom stereocenters. The van der Waals surface area contributed by atoms with Gasteiger partial charge in [0.2, 0.25) is 0 Å². The van der Waals surface area contributed by atoms with Gasteiger partial charge in [0.15, 0.2) is 5.78 Å². The van der Waals surface area contributed by atoms with Crippen molar-refractivity contribution in [3.8, 4) is 22.6 Å². The molecule has 0 saturated heterocycles. The Morgan fingerprint density at radius 1 is 0.750 bits per heavy atom. The summed E-state index contributed by atoms with van der Waals surface area (Å²) in [5.41, 5.74) is 3.32. The molecule has 2 aromatic carbocycles. The number of benzene rings is 2. The highest BCUT2D eigenvalue weighted by Crippen LogP contribution is 2.39. The highest BCUT2D eigenvalue weighted by atomic mass is 16.5. The van der Waals surface area contributed by atoms with Crippen LogP contribution in [0.4, 0.5) is 0 Å². The molecule has 5 heteroatoms. The Kier molecular flexibility index (Phi) is 8.65. The van der Waals surface area contributed by atoms with Crippen LogP contribution in [0, 0.1) is 0 Å². The number of hydrogen-bond donors (Lipinski definition) is 0. The zero-order chi connectivity index (χ0) is 22.9. The lowest BCUT2D eigenvalue weighted by Crippen LogP contribution is -2.21. The average Bonchev–Trinajstić information content (AvgIpc) is 3.06. The van der Waals surface area contributed by atoms with E-state index in [9.17, 15) is 4.79 Å². The van der Waals surface area contributed by atoms with Gasteiger partial charge in [-0.1, -0.05) is 12.2 Å². The fourth-order valence-corrected chi connectivity index (χ4v) is 3.89. The number of hydrogen-bond acceptors (Lipinski definition) is 5. The topological polar surface area (TPSA) is 42.0 Å². The summed E-state index contributed by atoms with van der Waals surface area (Å²) in [4.78, 5) is 17.4. The zero-order valence-electron chi connectivity index (χ0n) is 19.3. The normalized spacial score (nSPS) is 12.1. The highest BCUT2D eigenvalue weighted by molar-refractivity contribution is 6.22. The second-order valence-corrected chi connectivity index (χ2v) is 8.25. The summed E-state index contributed by atoms with van der Waals surface area (Å²) in [6.07, 6.45) is 5.62. The molecule has 0 aromatic heterocycles. The van der Waals surface area contributed by atoms with E-state index in [1.165, 1.54) is 0 Å². The molecule has 1 aliphatic rings. The number of carbonyl (C=O) groups is 1. The maximum Gasteiger partial charge on any atom is 0.194 e. The zero-order valence-corrected chi connectivity index (χ0v) is 19.3. The van der Waals surface area contributed by atoms with Crippen LogP contribution < -0.4 is 9.47 Å². The molecule has 0 fully saturated rings. The summed E-state index contributed by atoms with van der Waals surface area (Å²) in [7, 11) is 4.12. The van der Waals surface area contributed by atoms with Crippen molar-refractivity contribution in [2.75, 3.05) is 53.5 Å². The van der Waals surface area contributed by atoms with E-state index in [1.54, 1.807) is 0 Å². The fraction of sp³-hybridized carbons (Fsp3) is 0.370. The van der Waals surface area contributed by atoms with Gasteiger partial charge in [-0.15, -0.1) is 13.2 Å². The number of ether oxygens (including phenoxy) is 2. The smallest absolute Gasteiger partial charge is 0.194 e. The number of fused-ring (bicyclic) bond motifs is 3. The van der Waals surface area contributed by atoms with E-state index in [4.69, 9.17) is 9.47 Å². The maximum absolute atomic E-state index is 13.0. The molecule has 0 amide bonds. The minimum atomic E-state index is 0.0299. The van der Waals surface area contributed by atoms with Crippen LogP contribution in [-0.4, -0.2) is 69.1 Å². The van der Waals surface area contributed by atoms with Gasteiger partial charge in [0.1, 0.15) is 11.5 Å². The predicted molar refractivity (Wildman–Crippen MR) is 131 cm³/mol. The standard InChI is InChI=1S/C27H34N2O3/c1-5-13-28(3)15-7-17-31-21-9-11-23-24-12-10-22(20-26(24)27(30)25(23)19-21)32-18-8-16-29(4)14-6-2/h5-6,9-12,19-20H,1-2,7-8,13-18H2,3-4H3.